The summed E-state index contributed by atoms with van der Waals surface area (Å²) in [5.41, 5.74) is 8.13. The van der Waals surface area contributed by atoms with Gasteiger partial charge in [-0.1, -0.05) is 117 Å². The van der Waals surface area contributed by atoms with Crippen molar-refractivity contribution in [2.45, 2.75) is 115 Å². The highest BCUT2D eigenvalue weighted by Gasteiger charge is 2.34. The largest absolute Gasteiger partial charge is 0.147 e. The number of halogens is 1. The molecule has 176 valence electrons. The van der Waals surface area contributed by atoms with Crippen LogP contribution in [0.15, 0.2) is 42.5 Å². The first-order valence-electron chi connectivity index (χ1n) is 13.1. The number of hydrogen-bond acceptors (Lipinski definition) is 0. The number of rotatable bonds is 6. The molecular weight excluding hydrogens is 427 g/mol. The summed E-state index contributed by atoms with van der Waals surface area (Å²) in [6.45, 7) is 9.49. The second-order valence-electron chi connectivity index (χ2n) is 10.6. The van der Waals surface area contributed by atoms with E-state index in [2.05, 4.69) is 70.2 Å². The summed E-state index contributed by atoms with van der Waals surface area (Å²) in [5, 5.41) is 1.74. The molecule has 32 heavy (non-hydrogen) atoms. The minimum atomic E-state index is -0.0998. The smallest absolute Gasteiger partial charge is 0.0101 e. The lowest BCUT2D eigenvalue weighted by atomic mass is 9.85. The van der Waals surface area contributed by atoms with Crippen molar-refractivity contribution >= 4 is 25.6 Å². The van der Waals surface area contributed by atoms with Crippen molar-refractivity contribution in [2.75, 3.05) is 0 Å². The second-order valence-corrected chi connectivity index (χ2v) is 13.4. The van der Waals surface area contributed by atoms with Crippen molar-refractivity contribution in [3.05, 3.63) is 53.6 Å². The van der Waals surface area contributed by atoms with Gasteiger partial charge in [0.2, 0.25) is 0 Å². The maximum atomic E-state index is 2.55. The average Bonchev–Trinajstić information content (AvgIpc) is 2.80. The predicted molar refractivity (Wildman–Crippen MR) is 148 cm³/mol. The molecule has 2 heteroatoms. The van der Waals surface area contributed by atoms with Crippen molar-refractivity contribution in [2.24, 2.45) is 0 Å². The van der Waals surface area contributed by atoms with Gasteiger partial charge in [0.1, 0.15) is 0 Å². The van der Waals surface area contributed by atoms with Gasteiger partial charge < -0.3 is 0 Å². The topological polar surface area (TPSA) is 0 Å². The summed E-state index contributed by atoms with van der Waals surface area (Å²) in [6, 6.07) is 16.7. The molecule has 0 atom stereocenters. The van der Waals surface area contributed by atoms with Crippen LogP contribution in [0.4, 0.5) is 0 Å². The number of benzene rings is 2. The summed E-state index contributed by atoms with van der Waals surface area (Å²) in [7, 11) is -0.0998. The highest BCUT2D eigenvalue weighted by atomic mass is 35.5. The Kier molecular flexibility index (Phi) is 9.70. The van der Waals surface area contributed by atoms with Crippen LogP contribution in [0.5, 0.6) is 0 Å². The average molecular weight is 471 g/mol. The fourth-order valence-electron chi connectivity index (χ4n) is 6.18. The van der Waals surface area contributed by atoms with Crippen LogP contribution in [0.3, 0.4) is 0 Å². The minimum absolute atomic E-state index is 0. The Hall–Kier alpha value is -0.840. The van der Waals surface area contributed by atoms with E-state index >= 15 is 0 Å². The molecule has 2 aliphatic carbocycles. The molecule has 0 amide bonds. The van der Waals surface area contributed by atoms with E-state index in [0.717, 1.165) is 11.3 Å². The first-order valence-corrected chi connectivity index (χ1v) is 14.6. The zero-order chi connectivity index (χ0) is 21.8. The van der Waals surface area contributed by atoms with Gasteiger partial charge in [0.15, 0.2) is 0 Å². The Morgan fingerprint density at radius 1 is 0.625 bits per heavy atom. The van der Waals surface area contributed by atoms with Crippen LogP contribution in [-0.2, 0) is 0 Å². The van der Waals surface area contributed by atoms with E-state index in [0.29, 0.717) is 11.8 Å². The number of hydrogen-bond donors (Lipinski definition) is 0. The molecule has 0 aliphatic heterocycles. The molecule has 4 rings (SSSR count). The lowest BCUT2D eigenvalue weighted by Crippen LogP contribution is -2.27. The van der Waals surface area contributed by atoms with Crippen LogP contribution in [-0.4, -0.2) is 11.3 Å². The van der Waals surface area contributed by atoms with Crippen LogP contribution in [0.25, 0.3) is 11.1 Å². The van der Waals surface area contributed by atoms with Gasteiger partial charge in [-0.15, -0.1) is 12.4 Å². The SMILES string of the molecule is CC(C)c1cccc(C(C)C)c1-c1ccccc1P(C1CCCCC1)C1CCCCC1.Cl. The van der Waals surface area contributed by atoms with Crippen LogP contribution in [0.1, 0.15) is 115 Å². The molecule has 2 aromatic rings. The first kappa shape index (κ1) is 25.8. The van der Waals surface area contributed by atoms with Gasteiger partial charge >= 0.3 is 0 Å². The van der Waals surface area contributed by atoms with Gasteiger partial charge in [-0.2, -0.15) is 0 Å². The Balaban J connectivity index is 0.00000289. The Morgan fingerprint density at radius 3 is 1.56 bits per heavy atom. The van der Waals surface area contributed by atoms with Crippen LogP contribution in [0.2, 0.25) is 0 Å². The molecule has 2 fully saturated rings. The maximum Gasteiger partial charge on any atom is -0.0101 e. The quantitative estimate of drug-likeness (QED) is 0.368. The summed E-state index contributed by atoms with van der Waals surface area (Å²) < 4.78 is 0. The summed E-state index contributed by atoms with van der Waals surface area (Å²) in [6.07, 6.45) is 14.6. The summed E-state index contributed by atoms with van der Waals surface area (Å²) in [4.78, 5) is 0. The zero-order valence-electron chi connectivity index (χ0n) is 20.8. The molecule has 0 spiro atoms. The van der Waals surface area contributed by atoms with Gasteiger partial charge in [0, 0.05) is 0 Å². The molecule has 0 saturated heterocycles. The summed E-state index contributed by atoms with van der Waals surface area (Å²) >= 11 is 0. The zero-order valence-corrected chi connectivity index (χ0v) is 22.5. The molecule has 2 saturated carbocycles. The standard InChI is InChI=1S/C30H43P.ClH/c1-22(2)26-19-13-20-27(23(3)4)30(26)28-18-11-12-21-29(28)31(24-14-7-5-8-15-24)25-16-9-6-10-17-25;/h11-13,18-25H,5-10,14-17H2,1-4H3;1H. The predicted octanol–water partition coefficient (Wildman–Crippen LogP) is 9.79. The minimum Gasteiger partial charge on any atom is -0.147 e. The maximum absolute atomic E-state index is 2.55. The van der Waals surface area contributed by atoms with Crippen molar-refractivity contribution in [3.63, 3.8) is 0 Å². The van der Waals surface area contributed by atoms with Gasteiger partial charge in [-0.3, -0.25) is 0 Å². The molecule has 0 heterocycles. The highest BCUT2D eigenvalue weighted by molar-refractivity contribution is 7.67. The van der Waals surface area contributed by atoms with E-state index < -0.39 is 0 Å². The van der Waals surface area contributed by atoms with Gasteiger partial charge in [-0.05, 0) is 76.4 Å². The van der Waals surface area contributed by atoms with Crippen molar-refractivity contribution in [3.8, 4) is 11.1 Å². The second kappa shape index (κ2) is 12.0. The lowest BCUT2D eigenvalue weighted by Gasteiger charge is -2.40. The molecule has 0 radical (unpaired) electrons. The Bertz CT molecular complexity index is 799. The normalized spacial score (nSPS) is 18.3. The molecule has 0 unspecified atom stereocenters. The Labute approximate surface area is 205 Å². The molecule has 0 bridgehead atoms. The molecule has 0 aromatic heterocycles. The molecule has 2 aromatic carbocycles. The molecule has 2 aliphatic rings. The third-order valence-electron chi connectivity index (χ3n) is 7.76. The molecule has 0 nitrogen and oxygen atoms in total. The lowest BCUT2D eigenvalue weighted by molar-refractivity contribution is 0.487. The van der Waals surface area contributed by atoms with Crippen molar-refractivity contribution in [1.29, 1.82) is 0 Å². The van der Waals surface area contributed by atoms with E-state index in [-0.39, 0.29) is 20.3 Å². The third kappa shape index (κ3) is 5.62. The monoisotopic (exact) mass is 470 g/mol. The van der Waals surface area contributed by atoms with Crippen molar-refractivity contribution < 1.29 is 0 Å². The highest BCUT2D eigenvalue weighted by Crippen LogP contribution is 2.56. The summed E-state index contributed by atoms with van der Waals surface area (Å²) in [5.74, 6) is 1.11. The van der Waals surface area contributed by atoms with Crippen LogP contribution >= 0.6 is 20.3 Å². The van der Waals surface area contributed by atoms with Crippen LogP contribution < -0.4 is 5.30 Å². The van der Waals surface area contributed by atoms with Gasteiger partial charge in [0.05, 0.1) is 0 Å². The van der Waals surface area contributed by atoms with Gasteiger partial charge in [0.25, 0.3) is 0 Å². The van der Waals surface area contributed by atoms with E-state index in [9.17, 15) is 0 Å². The van der Waals surface area contributed by atoms with E-state index in [1.54, 1.807) is 27.6 Å². The van der Waals surface area contributed by atoms with E-state index in [4.69, 9.17) is 0 Å². The first-order chi connectivity index (χ1) is 15.1. The van der Waals surface area contributed by atoms with Gasteiger partial charge in [-0.25, -0.2) is 0 Å². The van der Waals surface area contributed by atoms with E-state index in [1.807, 2.05) is 0 Å². The fraction of sp³-hybridized carbons (Fsp3) is 0.600. The van der Waals surface area contributed by atoms with Crippen molar-refractivity contribution in [1.82, 2.24) is 0 Å². The fourth-order valence-corrected chi connectivity index (χ4v) is 10.1. The Morgan fingerprint density at radius 2 is 1.09 bits per heavy atom. The molecular formula is C30H44ClP. The molecule has 0 N–H and O–H groups in total. The van der Waals surface area contributed by atoms with Crippen LogP contribution in [0, 0.1) is 0 Å². The van der Waals surface area contributed by atoms with E-state index in [1.165, 1.54) is 64.2 Å². The third-order valence-corrected chi connectivity index (χ3v) is 11.3.